The largest absolute Gasteiger partial charge is 0.314 e. The van der Waals surface area contributed by atoms with Crippen LogP contribution >= 0.6 is 0 Å². The van der Waals surface area contributed by atoms with Gasteiger partial charge in [0.1, 0.15) is 0 Å². The maximum Gasteiger partial charge on any atom is 0.198 e. The minimum atomic E-state index is 0.718. The van der Waals surface area contributed by atoms with E-state index in [9.17, 15) is 0 Å². The van der Waals surface area contributed by atoms with Crippen LogP contribution in [0, 0.1) is 0 Å². The Labute approximate surface area is 86.6 Å². The van der Waals surface area contributed by atoms with Crippen molar-refractivity contribution in [2.45, 2.75) is 13.5 Å². The maximum atomic E-state index is 4.55. The highest BCUT2D eigenvalue weighted by Crippen LogP contribution is 2.14. The van der Waals surface area contributed by atoms with Gasteiger partial charge < -0.3 is 4.57 Å². The van der Waals surface area contributed by atoms with Crippen LogP contribution in [-0.2, 0) is 6.54 Å². The maximum absolute atomic E-state index is 4.55. The van der Waals surface area contributed by atoms with Crippen molar-refractivity contribution in [2.24, 2.45) is 0 Å². The van der Waals surface area contributed by atoms with Gasteiger partial charge >= 0.3 is 0 Å². The molecule has 0 saturated heterocycles. The van der Waals surface area contributed by atoms with Gasteiger partial charge in [-0.05, 0) is 19.1 Å². The van der Waals surface area contributed by atoms with Crippen LogP contribution in [0.2, 0.25) is 0 Å². The lowest BCUT2D eigenvalue weighted by molar-refractivity contribution is 0.779. The summed E-state index contributed by atoms with van der Waals surface area (Å²) in [6.07, 6.45) is 1.78. The Hall–Kier alpha value is -1.97. The summed E-state index contributed by atoms with van der Waals surface area (Å²) < 4.78 is 1.99. The van der Waals surface area contributed by atoms with Gasteiger partial charge in [0.25, 0.3) is 0 Å². The number of hydrogen-bond acceptors (Lipinski definition) is 3. The first-order chi connectivity index (χ1) is 7.38. The normalized spacial score (nSPS) is 11.3. The Morgan fingerprint density at radius 3 is 2.60 bits per heavy atom. The monoisotopic (exact) mass is 198 g/mol. The number of para-hydroxylation sites is 2. The highest BCUT2D eigenvalue weighted by atomic mass is 15.1. The summed E-state index contributed by atoms with van der Waals surface area (Å²) in [5, 5.41) is 0. The predicted octanol–water partition coefficient (Wildman–Crippen LogP) is 2.00. The van der Waals surface area contributed by atoms with Crippen molar-refractivity contribution < 1.29 is 0 Å². The Morgan fingerprint density at radius 2 is 1.87 bits per heavy atom. The lowest BCUT2D eigenvalue weighted by atomic mass is 10.3. The average Bonchev–Trinajstić information content (AvgIpc) is 2.68. The van der Waals surface area contributed by atoms with E-state index in [0.717, 1.165) is 28.9 Å². The van der Waals surface area contributed by atoms with E-state index in [1.807, 2.05) is 28.8 Å². The van der Waals surface area contributed by atoms with Crippen LogP contribution in [0.3, 0.4) is 0 Å². The molecule has 4 nitrogen and oxygen atoms in total. The van der Waals surface area contributed by atoms with Crippen molar-refractivity contribution in [3.8, 4) is 0 Å². The van der Waals surface area contributed by atoms with Gasteiger partial charge in [0.15, 0.2) is 11.3 Å². The molecule has 74 valence electrons. The average molecular weight is 198 g/mol. The van der Waals surface area contributed by atoms with E-state index in [2.05, 4.69) is 21.9 Å². The standard InChI is InChI=1S/C11H10N4/c1-2-15-7-12-10-11(15)14-9-6-4-3-5-8(9)13-10/h3-7H,2H2,1H3. The quantitative estimate of drug-likeness (QED) is 0.600. The van der Waals surface area contributed by atoms with Gasteiger partial charge in [0, 0.05) is 6.54 Å². The van der Waals surface area contributed by atoms with E-state index < -0.39 is 0 Å². The summed E-state index contributed by atoms with van der Waals surface area (Å²) in [6, 6.07) is 7.84. The first kappa shape index (κ1) is 8.35. The van der Waals surface area contributed by atoms with Gasteiger partial charge in [-0.15, -0.1) is 0 Å². The second-order valence-corrected chi connectivity index (χ2v) is 3.39. The molecule has 0 amide bonds. The van der Waals surface area contributed by atoms with Gasteiger partial charge in [0.05, 0.1) is 17.4 Å². The van der Waals surface area contributed by atoms with Gasteiger partial charge in [-0.2, -0.15) is 0 Å². The minimum absolute atomic E-state index is 0.718. The molecule has 0 aliphatic rings. The summed E-state index contributed by atoms with van der Waals surface area (Å²) >= 11 is 0. The molecule has 3 rings (SSSR count). The predicted molar refractivity (Wildman–Crippen MR) is 58.5 cm³/mol. The van der Waals surface area contributed by atoms with Gasteiger partial charge in [-0.3, -0.25) is 0 Å². The fourth-order valence-electron chi connectivity index (χ4n) is 1.67. The van der Waals surface area contributed by atoms with E-state index in [4.69, 9.17) is 0 Å². The van der Waals surface area contributed by atoms with Crippen molar-refractivity contribution in [1.82, 2.24) is 19.5 Å². The van der Waals surface area contributed by atoms with Crippen LogP contribution in [-0.4, -0.2) is 19.5 Å². The summed E-state index contributed by atoms with van der Waals surface area (Å²) in [7, 11) is 0. The molecule has 0 aliphatic heterocycles. The van der Waals surface area contributed by atoms with Crippen LogP contribution in [0.15, 0.2) is 30.6 Å². The highest BCUT2D eigenvalue weighted by Gasteiger charge is 2.05. The van der Waals surface area contributed by atoms with E-state index in [-0.39, 0.29) is 0 Å². The first-order valence-corrected chi connectivity index (χ1v) is 4.96. The molecule has 1 aromatic carbocycles. The zero-order chi connectivity index (χ0) is 10.3. The molecule has 2 heterocycles. The third-order valence-electron chi connectivity index (χ3n) is 2.47. The Kier molecular flexibility index (Phi) is 1.68. The molecule has 0 aliphatic carbocycles. The second kappa shape index (κ2) is 3.02. The summed E-state index contributed by atoms with van der Waals surface area (Å²) in [5.74, 6) is 0. The van der Waals surface area contributed by atoms with E-state index in [1.165, 1.54) is 0 Å². The molecule has 2 aromatic heterocycles. The molecular formula is C11H10N4. The highest BCUT2D eigenvalue weighted by molar-refractivity contribution is 5.82. The Bertz CT molecular complexity index is 627. The third-order valence-corrected chi connectivity index (χ3v) is 2.47. The third kappa shape index (κ3) is 1.18. The first-order valence-electron chi connectivity index (χ1n) is 4.96. The zero-order valence-electron chi connectivity index (χ0n) is 8.38. The molecule has 0 saturated carbocycles. The number of hydrogen-bond donors (Lipinski definition) is 0. The smallest absolute Gasteiger partial charge is 0.198 e. The lowest BCUT2D eigenvalue weighted by Gasteiger charge is -1.99. The van der Waals surface area contributed by atoms with Crippen molar-refractivity contribution in [3.63, 3.8) is 0 Å². The molecule has 0 spiro atoms. The van der Waals surface area contributed by atoms with Crippen LogP contribution in [0.4, 0.5) is 0 Å². The molecule has 0 fully saturated rings. The zero-order valence-corrected chi connectivity index (χ0v) is 8.38. The molecular weight excluding hydrogens is 188 g/mol. The van der Waals surface area contributed by atoms with Crippen LogP contribution < -0.4 is 0 Å². The fraction of sp³-hybridized carbons (Fsp3) is 0.182. The van der Waals surface area contributed by atoms with Crippen LogP contribution in [0.1, 0.15) is 6.92 Å². The van der Waals surface area contributed by atoms with E-state index in [1.54, 1.807) is 6.33 Å². The minimum Gasteiger partial charge on any atom is -0.314 e. The molecule has 0 bridgehead atoms. The van der Waals surface area contributed by atoms with Gasteiger partial charge in [-0.25, -0.2) is 15.0 Å². The molecule has 0 radical (unpaired) electrons. The number of aryl methyl sites for hydroxylation is 1. The van der Waals surface area contributed by atoms with Crippen molar-refractivity contribution >= 4 is 22.3 Å². The van der Waals surface area contributed by atoms with Crippen LogP contribution in [0.5, 0.6) is 0 Å². The summed E-state index contributed by atoms with van der Waals surface area (Å²) in [5.41, 5.74) is 3.39. The Morgan fingerprint density at radius 1 is 1.13 bits per heavy atom. The van der Waals surface area contributed by atoms with E-state index >= 15 is 0 Å². The molecule has 3 aromatic rings. The number of aromatic nitrogens is 4. The number of benzene rings is 1. The number of nitrogens with zero attached hydrogens (tertiary/aromatic N) is 4. The number of fused-ring (bicyclic) bond motifs is 2. The van der Waals surface area contributed by atoms with Crippen molar-refractivity contribution in [1.29, 1.82) is 0 Å². The molecule has 0 unspecified atom stereocenters. The van der Waals surface area contributed by atoms with Crippen molar-refractivity contribution in [3.05, 3.63) is 30.6 Å². The fourth-order valence-corrected chi connectivity index (χ4v) is 1.67. The molecule has 15 heavy (non-hydrogen) atoms. The van der Waals surface area contributed by atoms with Crippen LogP contribution in [0.25, 0.3) is 22.3 Å². The number of imidazole rings is 1. The van der Waals surface area contributed by atoms with Gasteiger partial charge in [0.2, 0.25) is 0 Å². The molecule has 0 N–H and O–H groups in total. The lowest BCUT2D eigenvalue weighted by Crippen LogP contribution is -1.94. The SMILES string of the molecule is CCn1cnc2nc3ccccc3nc21. The van der Waals surface area contributed by atoms with Crippen molar-refractivity contribution in [2.75, 3.05) is 0 Å². The van der Waals surface area contributed by atoms with Gasteiger partial charge in [-0.1, -0.05) is 12.1 Å². The summed E-state index contributed by atoms with van der Waals surface area (Å²) in [4.78, 5) is 13.2. The number of rotatable bonds is 1. The molecule has 4 heteroatoms. The second-order valence-electron chi connectivity index (χ2n) is 3.39. The topological polar surface area (TPSA) is 43.6 Å². The Balaban J connectivity index is 2.45. The molecule has 0 atom stereocenters. The van der Waals surface area contributed by atoms with E-state index in [0.29, 0.717) is 0 Å². The summed E-state index contributed by atoms with van der Waals surface area (Å²) in [6.45, 7) is 2.93.